The van der Waals surface area contributed by atoms with Gasteiger partial charge in [-0.2, -0.15) is 0 Å². The molecule has 1 N–H and O–H groups in total. The standard InChI is InChI=1S/C19H19BrN5O3P/c1-10-4-12(5-10)28-17-15-6-11(20)2-3-14(15)18(27)25(24-17)9-16(26)23-19-21-7-13(29)8-22-19/h2-3,6-8,10,12H,4-5,9,29H2,1H3,(H,21,22,23,26)/t10-,12+. The van der Waals surface area contributed by atoms with Crippen molar-refractivity contribution in [2.24, 2.45) is 5.92 Å². The molecule has 0 spiro atoms. The molecule has 4 rings (SSSR count). The molecule has 1 unspecified atom stereocenters. The second-order valence-electron chi connectivity index (χ2n) is 7.16. The summed E-state index contributed by atoms with van der Waals surface area (Å²) < 4.78 is 7.99. The summed E-state index contributed by atoms with van der Waals surface area (Å²) in [6.45, 7) is 1.90. The summed E-state index contributed by atoms with van der Waals surface area (Å²) in [5, 5.41) is 8.78. The predicted octanol–water partition coefficient (Wildman–Crippen LogP) is 2.27. The summed E-state index contributed by atoms with van der Waals surface area (Å²) >= 11 is 3.43. The van der Waals surface area contributed by atoms with Crippen LogP contribution in [0.3, 0.4) is 0 Å². The minimum Gasteiger partial charge on any atom is -0.473 e. The first-order valence-electron chi connectivity index (χ1n) is 9.13. The molecule has 29 heavy (non-hydrogen) atoms. The summed E-state index contributed by atoms with van der Waals surface area (Å²) in [6, 6.07) is 5.29. The quantitative estimate of drug-likeness (QED) is 0.568. The van der Waals surface area contributed by atoms with Crippen LogP contribution in [0.15, 0.2) is 39.9 Å². The van der Waals surface area contributed by atoms with Gasteiger partial charge in [-0.15, -0.1) is 14.3 Å². The molecule has 0 saturated heterocycles. The zero-order valence-corrected chi connectivity index (χ0v) is 18.4. The van der Waals surface area contributed by atoms with Gasteiger partial charge in [-0.1, -0.05) is 22.9 Å². The number of ether oxygens (including phenoxy) is 1. The van der Waals surface area contributed by atoms with Gasteiger partial charge >= 0.3 is 0 Å². The van der Waals surface area contributed by atoms with E-state index in [4.69, 9.17) is 4.74 Å². The number of carbonyl (C=O) groups is 1. The average molecular weight is 476 g/mol. The van der Waals surface area contributed by atoms with E-state index in [9.17, 15) is 9.59 Å². The minimum absolute atomic E-state index is 0.0679. The highest BCUT2D eigenvalue weighted by atomic mass is 79.9. The average Bonchev–Trinajstić information content (AvgIpc) is 2.66. The van der Waals surface area contributed by atoms with E-state index < -0.39 is 5.91 Å². The van der Waals surface area contributed by atoms with Crippen molar-refractivity contribution < 1.29 is 9.53 Å². The van der Waals surface area contributed by atoms with Crippen LogP contribution < -0.4 is 20.9 Å². The Kier molecular flexibility index (Phi) is 5.61. The number of aromatic nitrogens is 4. The lowest BCUT2D eigenvalue weighted by molar-refractivity contribution is -0.117. The van der Waals surface area contributed by atoms with Gasteiger partial charge in [-0.25, -0.2) is 14.6 Å². The SMILES string of the molecule is C[C@H]1C[C@@H](Oc2nn(CC(=O)Nc3ncc(P)cn3)c(=O)c3ccc(Br)cc23)C1. The van der Waals surface area contributed by atoms with E-state index in [1.165, 1.54) is 0 Å². The summed E-state index contributed by atoms with van der Waals surface area (Å²) in [5.41, 5.74) is -0.363. The molecule has 2 aromatic heterocycles. The monoisotopic (exact) mass is 475 g/mol. The number of carbonyl (C=O) groups excluding carboxylic acids is 1. The normalized spacial score (nSPS) is 18.3. The van der Waals surface area contributed by atoms with Crippen molar-refractivity contribution in [1.29, 1.82) is 0 Å². The van der Waals surface area contributed by atoms with E-state index in [1.54, 1.807) is 24.5 Å². The molecule has 0 aliphatic heterocycles. The maximum Gasteiger partial charge on any atom is 0.275 e. The molecule has 1 atom stereocenters. The Morgan fingerprint density at radius 3 is 2.72 bits per heavy atom. The summed E-state index contributed by atoms with van der Waals surface area (Å²) in [4.78, 5) is 33.3. The van der Waals surface area contributed by atoms with E-state index in [1.807, 2.05) is 6.07 Å². The van der Waals surface area contributed by atoms with Crippen LogP contribution in [0, 0.1) is 5.92 Å². The third-order valence-electron chi connectivity index (χ3n) is 4.71. The van der Waals surface area contributed by atoms with Crippen molar-refractivity contribution in [2.45, 2.75) is 32.4 Å². The molecule has 1 saturated carbocycles. The van der Waals surface area contributed by atoms with Crippen LogP contribution in [0.5, 0.6) is 5.88 Å². The molecule has 150 valence electrons. The van der Waals surface area contributed by atoms with Crippen molar-refractivity contribution >= 4 is 53.1 Å². The number of amides is 1. The number of halogens is 1. The van der Waals surface area contributed by atoms with Crippen LogP contribution in [0.25, 0.3) is 10.8 Å². The van der Waals surface area contributed by atoms with Gasteiger partial charge in [-0.3, -0.25) is 14.9 Å². The molecule has 0 bridgehead atoms. The van der Waals surface area contributed by atoms with Gasteiger partial charge in [0.25, 0.3) is 5.56 Å². The number of hydrogen-bond acceptors (Lipinski definition) is 6. The van der Waals surface area contributed by atoms with E-state index in [0.29, 0.717) is 22.6 Å². The molecule has 8 nitrogen and oxygen atoms in total. The first-order valence-corrected chi connectivity index (χ1v) is 10.5. The predicted molar refractivity (Wildman–Crippen MR) is 117 cm³/mol. The maximum atomic E-state index is 12.9. The Hall–Kier alpha value is -2.38. The van der Waals surface area contributed by atoms with Crippen LogP contribution >= 0.6 is 25.2 Å². The van der Waals surface area contributed by atoms with E-state index in [2.05, 4.69) is 52.5 Å². The van der Waals surface area contributed by atoms with E-state index in [0.717, 1.165) is 27.3 Å². The molecule has 1 aliphatic carbocycles. The van der Waals surface area contributed by atoms with E-state index >= 15 is 0 Å². The van der Waals surface area contributed by atoms with Crippen LogP contribution in [0.2, 0.25) is 0 Å². The number of nitrogens with one attached hydrogen (secondary N) is 1. The minimum atomic E-state index is -0.448. The van der Waals surface area contributed by atoms with Crippen LogP contribution in [0.4, 0.5) is 5.95 Å². The highest BCUT2D eigenvalue weighted by molar-refractivity contribution is 9.10. The van der Waals surface area contributed by atoms with Gasteiger partial charge in [-0.05, 0) is 37.0 Å². The summed E-state index contributed by atoms with van der Waals surface area (Å²) in [7, 11) is 2.47. The number of hydrogen-bond donors (Lipinski definition) is 1. The second-order valence-corrected chi connectivity index (χ2v) is 8.74. The Labute approximate surface area is 177 Å². The number of benzene rings is 1. The van der Waals surface area contributed by atoms with Crippen molar-refractivity contribution in [2.75, 3.05) is 5.32 Å². The molecule has 0 radical (unpaired) electrons. The van der Waals surface area contributed by atoms with Crippen molar-refractivity contribution in [3.63, 3.8) is 0 Å². The molecular weight excluding hydrogens is 457 g/mol. The van der Waals surface area contributed by atoms with E-state index in [-0.39, 0.29) is 24.2 Å². The van der Waals surface area contributed by atoms with Crippen LogP contribution in [-0.2, 0) is 11.3 Å². The highest BCUT2D eigenvalue weighted by Crippen LogP contribution is 2.32. The lowest BCUT2D eigenvalue weighted by Crippen LogP contribution is -2.34. The van der Waals surface area contributed by atoms with Crippen LogP contribution in [0.1, 0.15) is 19.8 Å². The molecule has 2 heterocycles. The highest BCUT2D eigenvalue weighted by Gasteiger charge is 2.28. The largest absolute Gasteiger partial charge is 0.473 e. The second kappa shape index (κ2) is 8.16. The van der Waals surface area contributed by atoms with Gasteiger partial charge in [0.15, 0.2) is 0 Å². The molecule has 1 amide bonds. The van der Waals surface area contributed by atoms with Gasteiger partial charge in [0.2, 0.25) is 17.7 Å². The molecular formula is C19H19BrN5O3P. The van der Waals surface area contributed by atoms with Crippen molar-refractivity contribution in [3.05, 3.63) is 45.4 Å². The number of fused-ring (bicyclic) bond motifs is 1. The first kappa shape index (κ1) is 19.9. The van der Waals surface area contributed by atoms with Crippen molar-refractivity contribution in [1.82, 2.24) is 19.7 Å². The number of rotatable bonds is 5. The smallest absolute Gasteiger partial charge is 0.275 e. The number of nitrogens with zero attached hydrogens (tertiary/aromatic N) is 4. The Morgan fingerprint density at radius 1 is 1.31 bits per heavy atom. The fraction of sp³-hybridized carbons (Fsp3) is 0.316. The third kappa shape index (κ3) is 4.46. The fourth-order valence-corrected chi connectivity index (χ4v) is 3.72. The maximum absolute atomic E-state index is 12.9. The van der Waals surface area contributed by atoms with Gasteiger partial charge in [0.05, 0.1) is 10.8 Å². The first-order chi connectivity index (χ1) is 13.9. The van der Waals surface area contributed by atoms with Gasteiger partial charge in [0, 0.05) is 22.2 Å². The fourth-order valence-electron chi connectivity index (χ4n) is 3.21. The summed E-state index contributed by atoms with van der Waals surface area (Å²) in [6.07, 6.45) is 5.09. The third-order valence-corrected chi connectivity index (χ3v) is 5.51. The molecule has 1 aliphatic rings. The molecule has 1 aromatic carbocycles. The number of anilines is 1. The Morgan fingerprint density at radius 2 is 2.03 bits per heavy atom. The Balaban J connectivity index is 1.63. The molecule has 10 heteroatoms. The topological polar surface area (TPSA) is 99.0 Å². The van der Waals surface area contributed by atoms with Crippen molar-refractivity contribution in [3.8, 4) is 5.88 Å². The lowest BCUT2D eigenvalue weighted by Gasteiger charge is -2.32. The lowest BCUT2D eigenvalue weighted by atomic mass is 9.84. The zero-order valence-electron chi connectivity index (χ0n) is 15.6. The zero-order chi connectivity index (χ0) is 20.5. The summed E-state index contributed by atoms with van der Waals surface area (Å²) in [5.74, 6) is 0.687. The Bertz CT molecular complexity index is 1130. The molecule has 1 fully saturated rings. The van der Waals surface area contributed by atoms with Crippen LogP contribution in [-0.4, -0.2) is 31.8 Å². The van der Waals surface area contributed by atoms with Gasteiger partial charge < -0.3 is 4.74 Å². The van der Waals surface area contributed by atoms with Gasteiger partial charge in [0.1, 0.15) is 12.6 Å². The molecule has 3 aromatic rings.